The lowest BCUT2D eigenvalue weighted by atomic mass is 10.1. The van der Waals surface area contributed by atoms with Crippen LogP contribution in [0.15, 0.2) is 76.6 Å². The van der Waals surface area contributed by atoms with Crippen molar-refractivity contribution in [3.63, 3.8) is 0 Å². The van der Waals surface area contributed by atoms with E-state index in [4.69, 9.17) is 4.74 Å². The predicted octanol–water partition coefficient (Wildman–Crippen LogP) is 5.85. The van der Waals surface area contributed by atoms with Gasteiger partial charge in [-0.25, -0.2) is 0 Å². The Morgan fingerprint density at radius 1 is 1.12 bits per heavy atom. The van der Waals surface area contributed by atoms with Gasteiger partial charge >= 0.3 is 0 Å². The van der Waals surface area contributed by atoms with Gasteiger partial charge in [0.2, 0.25) is 0 Å². The van der Waals surface area contributed by atoms with E-state index in [1.807, 2.05) is 60.8 Å². The highest BCUT2D eigenvalue weighted by Crippen LogP contribution is 2.32. The number of amides is 1. The van der Waals surface area contributed by atoms with E-state index in [1.165, 1.54) is 11.8 Å². The first-order valence-electron chi connectivity index (χ1n) is 10.2. The van der Waals surface area contributed by atoms with Crippen molar-refractivity contribution in [2.75, 3.05) is 11.9 Å². The maximum Gasteiger partial charge on any atom is 0.264 e. The molecule has 0 fully saturated rings. The van der Waals surface area contributed by atoms with Crippen LogP contribution in [0.25, 0.3) is 0 Å². The van der Waals surface area contributed by atoms with E-state index >= 15 is 0 Å². The molecule has 0 saturated carbocycles. The monoisotopic (exact) mass is 463 g/mol. The van der Waals surface area contributed by atoms with Gasteiger partial charge in [-0.2, -0.15) is 5.26 Å². The van der Waals surface area contributed by atoms with Crippen molar-refractivity contribution in [1.29, 1.82) is 5.26 Å². The number of rotatable bonds is 10. The smallest absolute Gasteiger partial charge is 0.264 e. The number of anilines is 1. The first-order valence-corrected chi connectivity index (χ1v) is 12.1. The van der Waals surface area contributed by atoms with Gasteiger partial charge in [0.15, 0.2) is 0 Å². The molecule has 0 aliphatic carbocycles. The summed E-state index contributed by atoms with van der Waals surface area (Å²) in [6.45, 7) is 4.86. The molecule has 0 unspecified atom stereocenters. The second kappa shape index (κ2) is 12.0. The molecule has 2 N–H and O–H groups in total. The Bertz CT molecular complexity index is 1120. The molecule has 32 heavy (non-hydrogen) atoms. The Morgan fingerprint density at radius 3 is 2.62 bits per heavy atom. The van der Waals surface area contributed by atoms with E-state index < -0.39 is 5.91 Å². The highest BCUT2D eigenvalue weighted by atomic mass is 32.2. The molecule has 0 bridgehead atoms. The highest BCUT2D eigenvalue weighted by molar-refractivity contribution is 8.02. The van der Waals surface area contributed by atoms with Crippen molar-refractivity contribution < 1.29 is 9.53 Å². The Morgan fingerprint density at radius 2 is 1.91 bits per heavy atom. The molecule has 0 aliphatic rings. The number of thiophene rings is 1. The second-order valence-corrected chi connectivity index (χ2v) is 8.87. The number of nitriles is 1. The molecule has 0 saturated heterocycles. The van der Waals surface area contributed by atoms with Gasteiger partial charge in [0.05, 0.1) is 23.9 Å². The van der Waals surface area contributed by atoms with Gasteiger partial charge in [0.1, 0.15) is 17.4 Å². The van der Waals surface area contributed by atoms with Crippen molar-refractivity contribution >= 4 is 34.7 Å². The molecule has 0 atom stereocenters. The van der Waals surface area contributed by atoms with E-state index in [1.54, 1.807) is 11.3 Å². The molecule has 0 radical (unpaired) electrons. The van der Waals surface area contributed by atoms with Crippen LogP contribution in [-0.4, -0.2) is 12.5 Å². The SMILES string of the molecule is CCOc1ccccc1NC(SCc1ccccc1C)=C(C#N)C(=O)NCc1cccs1. The van der Waals surface area contributed by atoms with E-state index in [-0.39, 0.29) is 5.57 Å². The van der Waals surface area contributed by atoms with Gasteiger partial charge in [-0.05, 0) is 48.6 Å². The molecular formula is C25H25N3O2S2. The minimum atomic E-state index is -0.408. The molecule has 1 aromatic heterocycles. The zero-order valence-corrected chi connectivity index (χ0v) is 19.7. The molecule has 5 nitrogen and oxygen atoms in total. The van der Waals surface area contributed by atoms with Gasteiger partial charge in [-0.3, -0.25) is 4.79 Å². The van der Waals surface area contributed by atoms with Crippen molar-refractivity contribution in [1.82, 2.24) is 5.32 Å². The van der Waals surface area contributed by atoms with Crippen molar-refractivity contribution in [3.05, 3.63) is 92.6 Å². The zero-order chi connectivity index (χ0) is 22.8. The Kier molecular flexibility index (Phi) is 8.79. The number of aryl methyl sites for hydroxylation is 1. The number of hydrogen-bond acceptors (Lipinski definition) is 6. The lowest BCUT2D eigenvalue weighted by molar-refractivity contribution is -0.117. The number of nitrogens with one attached hydrogen (secondary N) is 2. The van der Waals surface area contributed by atoms with Crippen molar-refractivity contribution in [2.24, 2.45) is 0 Å². The molecule has 7 heteroatoms. The first-order chi connectivity index (χ1) is 15.6. The second-order valence-electron chi connectivity index (χ2n) is 6.85. The number of thioether (sulfide) groups is 1. The molecule has 3 aromatic rings. The van der Waals surface area contributed by atoms with Crippen LogP contribution in [0.2, 0.25) is 0 Å². The lowest BCUT2D eigenvalue weighted by Crippen LogP contribution is -2.25. The third kappa shape index (κ3) is 6.39. The maximum atomic E-state index is 12.9. The van der Waals surface area contributed by atoms with Gasteiger partial charge < -0.3 is 15.4 Å². The average Bonchev–Trinajstić information content (AvgIpc) is 3.32. The van der Waals surface area contributed by atoms with E-state index in [9.17, 15) is 10.1 Å². The number of para-hydroxylation sites is 2. The van der Waals surface area contributed by atoms with Crippen LogP contribution >= 0.6 is 23.1 Å². The van der Waals surface area contributed by atoms with Gasteiger partial charge in [0, 0.05) is 10.6 Å². The summed E-state index contributed by atoms with van der Waals surface area (Å²) in [6.07, 6.45) is 0. The van der Waals surface area contributed by atoms with E-state index in [0.29, 0.717) is 35.4 Å². The third-order valence-electron chi connectivity index (χ3n) is 4.64. The zero-order valence-electron chi connectivity index (χ0n) is 18.1. The van der Waals surface area contributed by atoms with Gasteiger partial charge in [-0.15, -0.1) is 23.1 Å². The summed E-state index contributed by atoms with van der Waals surface area (Å²) < 4.78 is 5.71. The largest absolute Gasteiger partial charge is 0.492 e. The number of carbonyl (C=O) groups excluding carboxylic acids is 1. The predicted molar refractivity (Wildman–Crippen MR) is 133 cm³/mol. The van der Waals surface area contributed by atoms with E-state index in [2.05, 4.69) is 35.8 Å². The summed E-state index contributed by atoms with van der Waals surface area (Å²) in [6, 6.07) is 21.6. The number of carbonyl (C=O) groups is 1. The van der Waals surface area contributed by atoms with Crippen LogP contribution in [0.5, 0.6) is 5.75 Å². The van der Waals surface area contributed by atoms with Crippen LogP contribution in [-0.2, 0) is 17.1 Å². The van der Waals surface area contributed by atoms with E-state index in [0.717, 1.165) is 16.0 Å². The Balaban J connectivity index is 1.89. The van der Waals surface area contributed by atoms with Gasteiger partial charge in [-0.1, -0.05) is 42.5 Å². The van der Waals surface area contributed by atoms with Crippen LogP contribution in [0.4, 0.5) is 5.69 Å². The van der Waals surface area contributed by atoms with Crippen molar-refractivity contribution in [2.45, 2.75) is 26.1 Å². The molecule has 0 spiro atoms. The van der Waals surface area contributed by atoms with Crippen LogP contribution in [0.1, 0.15) is 22.9 Å². The first kappa shape index (κ1) is 23.5. The average molecular weight is 464 g/mol. The number of nitrogens with zero attached hydrogens (tertiary/aromatic N) is 1. The quantitative estimate of drug-likeness (QED) is 0.291. The minimum absolute atomic E-state index is 0.0476. The normalized spacial score (nSPS) is 11.3. The number of benzene rings is 2. The summed E-state index contributed by atoms with van der Waals surface area (Å²) in [7, 11) is 0. The Labute approximate surface area is 197 Å². The summed E-state index contributed by atoms with van der Waals surface area (Å²) >= 11 is 2.99. The van der Waals surface area contributed by atoms with Crippen LogP contribution in [0, 0.1) is 18.3 Å². The molecule has 1 heterocycles. The Hall–Kier alpha value is -3.21. The van der Waals surface area contributed by atoms with Crippen LogP contribution in [0.3, 0.4) is 0 Å². The lowest BCUT2D eigenvalue weighted by Gasteiger charge is -2.16. The summed E-state index contributed by atoms with van der Waals surface area (Å²) in [5.41, 5.74) is 3.06. The fraction of sp³-hybridized carbons (Fsp3) is 0.200. The molecule has 1 amide bonds. The molecule has 0 aliphatic heterocycles. The standard InChI is InChI=1S/C25H25N3O2S2/c1-3-30-23-13-7-6-12-22(23)28-25(32-17-19-10-5-4-9-18(19)2)21(15-26)24(29)27-16-20-11-8-14-31-20/h4-14,28H,3,16-17H2,1-2H3,(H,27,29). The molecule has 3 rings (SSSR count). The molecular weight excluding hydrogens is 438 g/mol. The number of ether oxygens (including phenoxy) is 1. The van der Waals surface area contributed by atoms with Crippen molar-refractivity contribution in [3.8, 4) is 11.8 Å². The number of hydrogen-bond donors (Lipinski definition) is 2. The molecule has 164 valence electrons. The maximum absolute atomic E-state index is 12.9. The summed E-state index contributed by atoms with van der Waals surface area (Å²) in [5, 5.41) is 18.5. The van der Waals surface area contributed by atoms with Gasteiger partial charge in [0.25, 0.3) is 5.91 Å². The topological polar surface area (TPSA) is 74.1 Å². The molecule has 2 aromatic carbocycles. The fourth-order valence-corrected chi connectivity index (χ4v) is 4.67. The third-order valence-corrected chi connectivity index (χ3v) is 6.56. The minimum Gasteiger partial charge on any atom is -0.492 e. The van der Waals surface area contributed by atoms with Crippen LogP contribution < -0.4 is 15.4 Å². The summed E-state index contributed by atoms with van der Waals surface area (Å²) in [4.78, 5) is 13.9. The highest BCUT2D eigenvalue weighted by Gasteiger charge is 2.18. The fourth-order valence-electron chi connectivity index (χ4n) is 2.94. The summed E-state index contributed by atoms with van der Waals surface area (Å²) in [5.74, 6) is 0.879.